The van der Waals surface area contributed by atoms with Crippen LogP contribution in [0.4, 0.5) is 0 Å². The molecule has 0 saturated carbocycles. The second kappa shape index (κ2) is 16.0. The fourth-order valence-electron chi connectivity index (χ4n) is 7.86. The molecule has 8 bridgehead atoms. The van der Waals surface area contributed by atoms with Gasteiger partial charge in [0.1, 0.15) is 46.8 Å². The first-order chi connectivity index (χ1) is 30.6. The molecule has 4 aromatic carbocycles. The average molecular weight is 863 g/mol. The predicted octanol–water partition coefficient (Wildman–Crippen LogP) is 2.69. The van der Waals surface area contributed by atoms with Crippen molar-refractivity contribution < 1.29 is 39.6 Å². The molecule has 7 aromatic rings. The zero-order valence-electron chi connectivity index (χ0n) is 33.5. The molecule has 0 spiro atoms. The lowest BCUT2D eigenvalue weighted by atomic mass is 9.99. The van der Waals surface area contributed by atoms with Gasteiger partial charge in [0.25, 0.3) is 0 Å². The molecule has 3 aromatic heterocycles. The van der Waals surface area contributed by atoms with Crippen LogP contribution in [0.1, 0.15) is 22.3 Å². The van der Waals surface area contributed by atoms with Crippen LogP contribution in [-0.2, 0) is 44.9 Å². The third kappa shape index (κ3) is 7.73. The Morgan fingerprint density at radius 3 is 1.09 bits per heavy atom. The molecule has 0 saturated heterocycles. The van der Waals surface area contributed by atoms with Crippen LogP contribution in [0.5, 0.6) is 0 Å². The highest BCUT2D eigenvalue weighted by Crippen LogP contribution is 2.39. The van der Waals surface area contributed by atoms with E-state index in [2.05, 4.69) is 9.97 Å². The smallest absolute Gasteiger partial charge is 0.320 e. The first-order valence-corrected chi connectivity index (χ1v) is 19.9. The number of fused-ring (bicyclic) bond motifs is 20. The van der Waals surface area contributed by atoms with Crippen molar-refractivity contribution in [3.8, 4) is 45.6 Å². The van der Waals surface area contributed by atoms with Crippen molar-refractivity contribution in [2.24, 2.45) is 22.9 Å². The Bertz CT molecular complexity index is 3310. The van der Waals surface area contributed by atoms with E-state index in [4.69, 9.17) is 52.8 Å². The standard InChI is InChI=1S/C44H38N12O8/c45-29(41(57)58)13-17-1-5-21-25(9-17)37-49-33(21)53-38-26-10-18(14-30(46)42(59)60)2-6-22(26)35(50-38)55-40-28-12-20(16-32(48)44(63)64)4-8-24(28)36(52-40)56-39-27-11-19(15-31(47)43(61)62)3-7-23(27)34(51-39)54-37/h1-12,29-32H,13-16,45-48H2,(H,57,58)(H,59,60)(H,61,62)(H,63,64)(H2,49,50,51,52,53,54,55,56). The Morgan fingerprint density at radius 1 is 0.391 bits per heavy atom. The van der Waals surface area contributed by atoms with E-state index < -0.39 is 48.0 Å². The molecular weight excluding hydrogens is 825 g/mol. The van der Waals surface area contributed by atoms with Crippen molar-refractivity contribution in [2.75, 3.05) is 0 Å². The van der Waals surface area contributed by atoms with E-state index in [1.165, 1.54) is 0 Å². The van der Waals surface area contributed by atoms with Gasteiger partial charge in [-0.25, -0.2) is 29.9 Å². The summed E-state index contributed by atoms with van der Waals surface area (Å²) in [6.07, 6.45) is 0.0692. The van der Waals surface area contributed by atoms with Gasteiger partial charge in [0.05, 0.1) is 0 Å². The van der Waals surface area contributed by atoms with Crippen LogP contribution >= 0.6 is 0 Å². The number of nitrogens with zero attached hydrogens (tertiary/aromatic N) is 6. The number of carbonyl (C=O) groups is 4. The van der Waals surface area contributed by atoms with Gasteiger partial charge in [-0.3, -0.25) is 19.2 Å². The molecule has 20 nitrogen and oxygen atoms in total. The molecule has 20 heteroatoms. The number of carboxylic acid groups (broad SMARTS) is 4. The van der Waals surface area contributed by atoms with E-state index in [1.54, 1.807) is 72.8 Å². The van der Waals surface area contributed by atoms with Crippen molar-refractivity contribution in [2.45, 2.75) is 49.9 Å². The predicted molar refractivity (Wildman–Crippen MR) is 233 cm³/mol. The van der Waals surface area contributed by atoms with E-state index >= 15 is 0 Å². The van der Waals surface area contributed by atoms with Crippen LogP contribution in [0.15, 0.2) is 72.8 Å². The summed E-state index contributed by atoms with van der Waals surface area (Å²) in [7, 11) is 0. The summed E-state index contributed by atoms with van der Waals surface area (Å²) in [5.41, 5.74) is 29.7. The topological polar surface area (TPSA) is 362 Å². The summed E-state index contributed by atoms with van der Waals surface area (Å²) in [6.45, 7) is 0. The molecule has 9 rings (SSSR count). The van der Waals surface area contributed by atoms with Crippen molar-refractivity contribution >= 4 is 68.0 Å². The molecule has 0 amide bonds. The fourth-order valence-corrected chi connectivity index (χ4v) is 7.86. The molecule has 5 heterocycles. The van der Waals surface area contributed by atoms with Crippen LogP contribution in [-0.4, -0.2) is 108 Å². The number of hydrogen-bond acceptors (Lipinski definition) is 14. The highest BCUT2D eigenvalue weighted by molar-refractivity contribution is 6.08. The largest absolute Gasteiger partial charge is 0.480 e. The maximum Gasteiger partial charge on any atom is 0.320 e. The van der Waals surface area contributed by atoms with Crippen molar-refractivity contribution in [1.29, 1.82) is 0 Å². The number of nitrogens with two attached hydrogens (primary N) is 4. The number of benzene rings is 4. The maximum absolute atomic E-state index is 11.7. The minimum atomic E-state index is -1.18. The Hall–Kier alpha value is -8.04. The monoisotopic (exact) mass is 862 g/mol. The first kappa shape index (κ1) is 41.3. The molecule has 2 aliphatic heterocycles. The quantitative estimate of drug-likeness (QED) is 0.0844. The Kier molecular flexibility index (Phi) is 10.3. The molecule has 0 aliphatic carbocycles. The van der Waals surface area contributed by atoms with Crippen LogP contribution in [0.2, 0.25) is 0 Å². The van der Waals surface area contributed by atoms with Gasteiger partial charge in [0, 0.05) is 43.8 Å². The average Bonchev–Trinajstić information content (AvgIpc) is 3.98. The number of aliphatic carboxylic acids is 4. The van der Waals surface area contributed by atoms with Gasteiger partial charge in [-0.2, -0.15) is 0 Å². The maximum atomic E-state index is 11.7. The summed E-state index contributed by atoms with van der Waals surface area (Å²) in [5, 5.41) is 40.7. The first-order valence-electron chi connectivity index (χ1n) is 19.9. The third-order valence-corrected chi connectivity index (χ3v) is 11.2. The summed E-state index contributed by atoms with van der Waals surface area (Å²) < 4.78 is 0. The van der Waals surface area contributed by atoms with E-state index in [-0.39, 0.29) is 49.0 Å². The van der Waals surface area contributed by atoms with Gasteiger partial charge in [0.15, 0.2) is 23.3 Å². The van der Waals surface area contributed by atoms with Gasteiger partial charge < -0.3 is 53.3 Å². The molecule has 64 heavy (non-hydrogen) atoms. The van der Waals surface area contributed by atoms with Crippen LogP contribution in [0, 0.1) is 0 Å². The summed E-state index contributed by atoms with van der Waals surface area (Å²) in [6, 6.07) is 16.4. The highest BCUT2D eigenvalue weighted by Gasteiger charge is 2.26. The lowest BCUT2D eigenvalue weighted by Gasteiger charge is -2.08. The number of H-pyrrole nitrogens is 2. The summed E-state index contributed by atoms with van der Waals surface area (Å²) >= 11 is 0. The molecule has 322 valence electrons. The number of hydrogen-bond donors (Lipinski definition) is 10. The van der Waals surface area contributed by atoms with E-state index in [0.717, 1.165) is 0 Å². The lowest BCUT2D eigenvalue weighted by molar-refractivity contribution is -0.139. The van der Waals surface area contributed by atoms with Crippen molar-refractivity contribution in [3.63, 3.8) is 0 Å². The molecule has 0 radical (unpaired) electrons. The van der Waals surface area contributed by atoms with E-state index in [9.17, 15) is 39.6 Å². The number of aromatic nitrogens is 8. The number of nitrogens with one attached hydrogen (secondary N) is 2. The van der Waals surface area contributed by atoms with E-state index in [1.807, 2.05) is 0 Å². The lowest BCUT2D eigenvalue weighted by Crippen LogP contribution is -2.32. The summed E-state index contributed by atoms with van der Waals surface area (Å²) in [4.78, 5) is 83.4. The number of rotatable bonds is 12. The molecular formula is C44H38N12O8. The van der Waals surface area contributed by atoms with Crippen LogP contribution in [0.3, 0.4) is 0 Å². The minimum absolute atomic E-state index is 0.0113. The molecule has 14 N–H and O–H groups in total. The Balaban J connectivity index is 1.37. The number of carboxylic acids is 4. The highest BCUT2D eigenvalue weighted by atomic mass is 16.4. The SMILES string of the molecule is NC(Cc1ccc2c(c1)-c1nc3nc(nc4[nH]c(nc5[nH]c(nc-2n1)c1cc(CC(N)C(=O)O)ccc51)c1cc(CC(N)C(=O)O)ccc41)-c1cc(CC(N)C(=O)O)ccc1-3)C(=O)O. The van der Waals surface area contributed by atoms with Crippen molar-refractivity contribution in [3.05, 3.63) is 95.1 Å². The van der Waals surface area contributed by atoms with Gasteiger partial charge in [-0.15, -0.1) is 0 Å². The second-order valence-corrected chi connectivity index (χ2v) is 15.7. The van der Waals surface area contributed by atoms with Crippen LogP contribution < -0.4 is 22.9 Å². The van der Waals surface area contributed by atoms with Crippen LogP contribution in [0.25, 0.3) is 89.7 Å². The zero-order chi connectivity index (χ0) is 45.1. The number of aromatic amines is 2. The van der Waals surface area contributed by atoms with Gasteiger partial charge in [0.2, 0.25) is 0 Å². The fraction of sp³-hybridized carbons (Fsp3) is 0.182. The Morgan fingerprint density at radius 2 is 0.688 bits per heavy atom. The molecule has 0 fully saturated rings. The Labute approximate surface area is 360 Å². The van der Waals surface area contributed by atoms with Crippen molar-refractivity contribution in [1.82, 2.24) is 39.9 Å². The zero-order valence-corrected chi connectivity index (χ0v) is 33.5. The van der Waals surface area contributed by atoms with Gasteiger partial charge in [-0.05, 0) is 72.2 Å². The molecule has 4 unspecified atom stereocenters. The second-order valence-electron chi connectivity index (χ2n) is 15.7. The minimum Gasteiger partial charge on any atom is -0.480 e. The van der Waals surface area contributed by atoms with Gasteiger partial charge >= 0.3 is 23.9 Å². The van der Waals surface area contributed by atoms with Gasteiger partial charge in [-0.1, -0.05) is 48.5 Å². The van der Waals surface area contributed by atoms with E-state index in [0.29, 0.717) is 88.6 Å². The molecule has 2 aliphatic rings. The molecule has 4 atom stereocenters. The normalized spacial score (nSPS) is 13.8. The third-order valence-electron chi connectivity index (χ3n) is 11.2. The summed E-state index contributed by atoms with van der Waals surface area (Å²) in [5.74, 6) is -3.80.